The van der Waals surface area contributed by atoms with E-state index in [1.165, 1.54) is 0 Å². The molecular weight excluding hydrogens is 252 g/mol. The van der Waals surface area contributed by atoms with Crippen LogP contribution in [0.25, 0.3) is 0 Å². The van der Waals surface area contributed by atoms with E-state index in [0.29, 0.717) is 32.0 Å². The van der Waals surface area contributed by atoms with Crippen LogP contribution in [0.1, 0.15) is 33.6 Å². The maximum atomic E-state index is 11.1. The molecule has 106 valence electrons. The van der Waals surface area contributed by atoms with E-state index < -0.39 is 9.53 Å². The van der Waals surface area contributed by atoms with Crippen LogP contribution in [-0.4, -0.2) is 41.9 Å². The van der Waals surface area contributed by atoms with Gasteiger partial charge in [0, 0.05) is 25.4 Å². The van der Waals surface area contributed by atoms with Gasteiger partial charge in [0.05, 0.1) is 6.61 Å². The number of rotatable bonds is 11. The zero-order valence-electron chi connectivity index (χ0n) is 11.6. The lowest BCUT2D eigenvalue weighted by Gasteiger charge is -2.14. The number of carbonyl (C=O) groups is 1. The summed E-state index contributed by atoms with van der Waals surface area (Å²) in [5.41, 5.74) is 0.423. The molecule has 0 aliphatic heterocycles. The molecule has 0 aromatic carbocycles. The molecular formula is C12H24O5Si. The van der Waals surface area contributed by atoms with Crippen molar-refractivity contribution in [2.75, 3.05) is 26.4 Å². The second kappa shape index (κ2) is 11.4. The first kappa shape index (κ1) is 17.3. The molecule has 0 unspecified atom stereocenters. The first-order valence-electron chi connectivity index (χ1n) is 6.29. The quantitative estimate of drug-likeness (QED) is 0.249. The van der Waals surface area contributed by atoms with Crippen LogP contribution in [0.4, 0.5) is 0 Å². The predicted molar refractivity (Wildman–Crippen MR) is 71.4 cm³/mol. The summed E-state index contributed by atoms with van der Waals surface area (Å²) in [6.45, 7) is 11.1. The molecule has 6 heteroatoms. The first-order chi connectivity index (χ1) is 8.61. The Morgan fingerprint density at radius 3 is 2.11 bits per heavy atom. The molecule has 0 aliphatic carbocycles. The molecule has 18 heavy (non-hydrogen) atoms. The highest BCUT2D eigenvalue weighted by atomic mass is 28.3. The topological polar surface area (TPSA) is 54.0 Å². The minimum atomic E-state index is -1.94. The molecule has 0 atom stereocenters. The third-order valence-electron chi connectivity index (χ3n) is 1.98. The lowest BCUT2D eigenvalue weighted by molar-refractivity contribution is -0.139. The zero-order chi connectivity index (χ0) is 13.8. The second-order valence-corrected chi connectivity index (χ2v) is 5.27. The third-order valence-corrected chi connectivity index (χ3v) is 3.70. The Balaban J connectivity index is 3.48. The third kappa shape index (κ3) is 9.35. The monoisotopic (exact) mass is 276 g/mol. The van der Waals surface area contributed by atoms with Gasteiger partial charge < -0.3 is 18.0 Å². The SMILES string of the molecule is C=C(C)C(=O)OCCCCO[SiH](OCC)OCC. The molecule has 0 radical (unpaired) electrons. The van der Waals surface area contributed by atoms with E-state index >= 15 is 0 Å². The van der Waals surface area contributed by atoms with Crippen molar-refractivity contribution in [3.05, 3.63) is 12.2 Å². The summed E-state index contributed by atoms with van der Waals surface area (Å²) < 4.78 is 21.2. The fourth-order valence-corrected chi connectivity index (χ4v) is 2.28. The molecule has 5 nitrogen and oxygen atoms in total. The van der Waals surface area contributed by atoms with Gasteiger partial charge in [0.25, 0.3) is 0 Å². The van der Waals surface area contributed by atoms with Crippen LogP contribution >= 0.6 is 0 Å². The van der Waals surface area contributed by atoms with Gasteiger partial charge in [-0.2, -0.15) is 0 Å². The van der Waals surface area contributed by atoms with Gasteiger partial charge in [0.15, 0.2) is 0 Å². The molecule has 0 amide bonds. The summed E-state index contributed by atoms with van der Waals surface area (Å²) in [6, 6.07) is 0. The highest BCUT2D eigenvalue weighted by molar-refractivity contribution is 6.36. The summed E-state index contributed by atoms with van der Waals surface area (Å²) >= 11 is 0. The van der Waals surface area contributed by atoms with Crippen LogP contribution in [-0.2, 0) is 22.8 Å². The first-order valence-corrected chi connectivity index (χ1v) is 7.70. The van der Waals surface area contributed by atoms with Gasteiger partial charge in [-0.3, -0.25) is 0 Å². The van der Waals surface area contributed by atoms with E-state index in [2.05, 4.69) is 6.58 Å². The summed E-state index contributed by atoms with van der Waals surface area (Å²) in [6.07, 6.45) is 1.57. The second-order valence-electron chi connectivity index (χ2n) is 3.69. The molecule has 0 saturated carbocycles. The number of carbonyl (C=O) groups excluding carboxylic acids is 1. The molecule has 0 aromatic heterocycles. The Kier molecular flexibility index (Phi) is 11.0. The fraction of sp³-hybridized carbons (Fsp3) is 0.750. The molecule has 0 bridgehead atoms. The lowest BCUT2D eigenvalue weighted by Crippen LogP contribution is -2.27. The van der Waals surface area contributed by atoms with Crippen LogP contribution in [0.2, 0.25) is 0 Å². The van der Waals surface area contributed by atoms with Gasteiger partial charge >= 0.3 is 15.5 Å². The lowest BCUT2D eigenvalue weighted by atomic mass is 10.3. The average molecular weight is 276 g/mol. The Morgan fingerprint density at radius 2 is 1.61 bits per heavy atom. The molecule has 0 aromatic rings. The van der Waals surface area contributed by atoms with Gasteiger partial charge in [-0.25, -0.2) is 4.79 Å². The maximum Gasteiger partial charge on any atom is 0.484 e. The molecule has 0 fully saturated rings. The molecule has 0 rings (SSSR count). The Morgan fingerprint density at radius 1 is 1.06 bits per heavy atom. The number of esters is 1. The van der Waals surface area contributed by atoms with E-state index in [9.17, 15) is 4.79 Å². The van der Waals surface area contributed by atoms with Gasteiger partial charge in [-0.05, 0) is 33.6 Å². The molecule has 0 saturated heterocycles. The van der Waals surface area contributed by atoms with E-state index in [1.54, 1.807) is 6.92 Å². The van der Waals surface area contributed by atoms with Crippen molar-refractivity contribution in [1.29, 1.82) is 0 Å². The van der Waals surface area contributed by atoms with Crippen molar-refractivity contribution < 1.29 is 22.8 Å². The maximum absolute atomic E-state index is 11.1. The Hall–Kier alpha value is -0.693. The summed E-state index contributed by atoms with van der Waals surface area (Å²) in [7, 11) is -1.94. The van der Waals surface area contributed by atoms with Gasteiger partial charge in [0.1, 0.15) is 0 Å². The molecule has 0 aliphatic rings. The van der Waals surface area contributed by atoms with Crippen molar-refractivity contribution in [3.8, 4) is 0 Å². The molecule has 0 spiro atoms. The summed E-state index contributed by atoms with van der Waals surface area (Å²) in [4.78, 5) is 11.1. The molecule has 0 N–H and O–H groups in total. The van der Waals surface area contributed by atoms with Crippen LogP contribution in [0.5, 0.6) is 0 Å². The average Bonchev–Trinajstić information content (AvgIpc) is 2.33. The molecule has 0 heterocycles. The minimum Gasteiger partial charge on any atom is -0.462 e. The van der Waals surface area contributed by atoms with E-state index in [-0.39, 0.29) is 5.97 Å². The van der Waals surface area contributed by atoms with Gasteiger partial charge in [-0.1, -0.05) is 6.58 Å². The summed E-state index contributed by atoms with van der Waals surface area (Å²) in [5.74, 6) is -0.341. The van der Waals surface area contributed by atoms with Crippen molar-refractivity contribution in [2.45, 2.75) is 33.6 Å². The van der Waals surface area contributed by atoms with Gasteiger partial charge in [-0.15, -0.1) is 0 Å². The van der Waals surface area contributed by atoms with Crippen molar-refractivity contribution in [2.24, 2.45) is 0 Å². The van der Waals surface area contributed by atoms with Crippen LogP contribution in [0, 0.1) is 0 Å². The Bertz CT molecular complexity index is 239. The normalized spacial score (nSPS) is 10.7. The van der Waals surface area contributed by atoms with Crippen LogP contribution in [0.3, 0.4) is 0 Å². The van der Waals surface area contributed by atoms with E-state index in [4.69, 9.17) is 18.0 Å². The number of hydrogen-bond acceptors (Lipinski definition) is 5. The highest BCUT2D eigenvalue weighted by Gasteiger charge is 2.12. The van der Waals surface area contributed by atoms with E-state index in [0.717, 1.165) is 12.8 Å². The highest BCUT2D eigenvalue weighted by Crippen LogP contribution is 1.99. The number of hydrogen-bond donors (Lipinski definition) is 0. The van der Waals surface area contributed by atoms with Crippen LogP contribution in [0.15, 0.2) is 12.2 Å². The number of unbranched alkanes of at least 4 members (excludes halogenated alkanes) is 1. The summed E-state index contributed by atoms with van der Waals surface area (Å²) in [5, 5.41) is 0. The van der Waals surface area contributed by atoms with Crippen LogP contribution < -0.4 is 0 Å². The zero-order valence-corrected chi connectivity index (χ0v) is 12.7. The van der Waals surface area contributed by atoms with Gasteiger partial charge in [0.2, 0.25) is 0 Å². The van der Waals surface area contributed by atoms with E-state index in [1.807, 2.05) is 13.8 Å². The number of ether oxygens (including phenoxy) is 1. The van der Waals surface area contributed by atoms with Crippen molar-refractivity contribution in [3.63, 3.8) is 0 Å². The standard InChI is InChI=1S/C12H24O5Si/c1-5-15-18(16-6-2)17-10-8-7-9-14-12(13)11(3)4/h18H,3,5-10H2,1-2,4H3. The Labute approximate surface area is 111 Å². The smallest absolute Gasteiger partial charge is 0.462 e. The van der Waals surface area contributed by atoms with Crippen molar-refractivity contribution >= 4 is 15.5 Å². The van der Waals surface area contributed by atoms with Crippen molar-refractivity contribution in [1.82, 2.24) is 0 Å². The minimum absolute atomic E-state index is 0.341. The largest absolute Gasteiger partial charge is 0.484 e. The predicted octanol–water partition coefficient (Wildman–Crippen LogP) is 1.69. The fourth-order valence-electron chi connectivity index (χ4n) is 1.09.